The van der Waals surface area contributed by atoms with E-state index in [1.54, 1.807) is 0 Å². The van der Waals surface area contributed by atoms with Crippen LogP contribution in [0.5, 0.6) is 5.75 Å². The molecule has 2 aromatic rings. The van der Waals surface area contributed by atoms with E-state index in [1.807, 2.05) is 42.5 Å². The monoisotopic (exact) mass is 464 g/mol. The molecule has 0 atom stereocenters. The molecule has 3 rings (SSSR count). The van der Waals surface area contributed by atoms with Gasteiger partial charge in [-0.25, -0.2) is 0 Å². The average molecular weight is 465 g/mol. The molecule has 0 aromatic heterocycles. The van der Waals surface area contributed by atoms with E-state index in [4.69, 9.17) is 9.16 Å². The number of ether oxygens (including phenoxy) is 1. The molecule has 0 bridgehead atoms. The van der Waals surface area contributed by atoms with Crippen molar-refractivity contribution in [2.45, 2.75) is 95.7 Å². The molecule has 0 heterocycles. The molecule has 0 amide bonds. The minimum absolute atomic E-state index is 0.226. The zero-order valence-corrected chi connectivity index (χ0v) is 22.0. The van der Waals surface area contributed by atoms with Crippen LogP contribution in [0.1, 0.15) is 70.4 Å². The van der Waals surface area contributed by atoms with E-state index in [0.717, 1.165) is 42.6 Å². The maximum Gasteiger partial charge on any atom is 0.192 e. The second-order valence-corrected chi connectivity index (χ2v) is 15.6. The molecule has 0 unspecified atom stereocenters. The van der Waals surface area contributed by atoms with E-state index in [-0.39, 0.29) is 5.04 Å². The predicted octanol–water partition coefficient (Wildman–Crippen LogP) is 7.09. The van der Waals surface area contributed by atoms with Crippen molar-refractivity contribution in [3.05, 3.63) is 65.7 Å². The minimum Gasteiger partial charge on any atom is -0.489 e. The third kappa shape index (κ3) is 7.74. The first-order valence-electron chi connectivity index (χ1n) is 12.3. The van der Waals surface area contributed by atoms with Gasteiger partial charge in [0.1, 0.15) is 18.0 Å². The summed E-state index contributed by atoms with van der Waals surface area (Å²) in [5.41, 5.74) is 1.13. The van der Waals surface area contributed by atoms with Gasteiger partial charge in [-0.05, 0) is 86.5 Å². The summed E-state index contributed by atoms with van der Waals surface area (Å²) in [7, 11) is -1.76. The Balaban J connectivity index is 1.53. The van der Waals surface area contributed by atoms with Crippen LogP contribution >= 0.6 is 0 Å². The van der Waals surface area contributed by atoms with Crippen LogP contribution in [0.2, 0.25) is 18.1 Å². The third-order valence-electron chi connectivity index (χ3n) is 7.04. The van der Waals surface area contributed by atoms with Crippen molar-refractivity contribution >= 4 is 8.32 Å². The lowest BCUT2D eigenvalue weighted by Crippen LogP contribution is -2.44. The van der Waals surface area contributed by atoms with Crippen molar-refractivity contribution in [1.29, 1.82) is 0 Å². The lowest BCUT2D eigenvalue weighted by atomic mass is 9.86. The summed E-state index contributed by atoms with van der Waals surface area (Å²) in [5, 5.41) is 11.3. The van der Waals surface area contributed by atoms with Crippen LogP contribution in [-0.4, -0.2) is 25.1 Å². The van der Waals surface area contributed by atoms with Crippen LogP contribution in [0.15, 0.2) is 54.6 Å². The summed E-state index contributed by atoms with van der Waals surface area (Å²) in [5.74, 6) is 7.19. The van der Waals surface area contributed by atoms with Crippen molar-refractivity contribution in [2.24, 2.45) is 0 Å². The largest absolute Gasteiger partial charge is 0.489 e. The molecule has 1 fully saturated rings. The van der Waals surface area contributed by atoms with Crippen molar-refractivity contribution in [1.82, 2.24) is 0 Å². The Hall–Kier alpha value is -2.06. The normalized spacial score (nSPS) is 21.9. The summed E-state index contributed by atoms with van der Waals surface area (Å²) < 4.78 is 12.5. The van der Waals surface area contributed by atoms with E-state index < -0.39 is 13.9 Å². The summed E-state index contributed by atoms with van der Waals surface area (Å²) in [6.45, 7) is 12.1. The highest BCUT2D eigenvalue weighted by Crippen LogP contribution is 2.39. The Labute approximate surface area is 201 Å². The smallest absolute Gasteiger partial charge is 0.192 e. The van der Waals surface area contributed by atoms with E-state index in [9.17, 15) is 5.11 Å². The Morgan fingerprint density at radius 1 is 0.970 bits per heavy atom. The molecule has 0 aliphatic heterocycles. The highest BCUT2D eigenvalue weighted by Gasteiger charge is 2.39. The molecule has 0 saturated heterocycles. The molecule has 0 radical (unpaired) electrons. The molecule has 3 nitrogen and oxygen atoms in total. The van der Waals surface area contributed by atoms with Gasteiger partial charge in [-0.2, -0.15) is 0 Å². The highest BCUT2D eigenvalue weighted by molar-refractivity contribution is 6.74. The minimum atomic E-state index is -1.76. The Kier molecular flexibility index (Phi) is 8.45. The quantitative estimate of drug-likeness (QED) is 0.379. The van der Waals surface area contributed by atoms with Crippen LogP contribution in [0.4, 0.5) is 0 Å². The van der Waals surface area contributed by atoms with Crippen LogP contribution in [0.3, 0.4) is 0 Å². The summed E-state index contributed by atoms with van der Waals surface area (Å²) in [4.78, 5) is 0. The topological polar surface area (TPSA) is 38.7 Å². The second-order valence-electron chi connectivity index (χ2n) is 10.9. The second kappa shape index (κ2) is 10.9. The highest BCUT2D eigenvalue weighted by atomic mass is 28.4. The standard InChI is InChI=1S/C29H40O3Si/c1-28(2,3)33(4,5)32-27-13-9-20-29(30,21-10-14-27)22-19-24-15-17-26(18-16-24)31-23-25-11-7-6-8-12-25/h6-8,11-12,15-18,27,30H,9-10,13-14,20-21,23H2,1-5H3. The van der Waals surface area contributed by atoms with Gasteiger partial charge in [-0.15, -0.1) is 0 Å². The van der Waals surface area contributed by atoms with Crippen LogP contribution in [0, 0.1) is 11.8 Å². The van der Waals surface area contributed by atoms with Gasteiger partial charge in [0.05, 0.1) is 0 Å². The molecule has 1 aliphatic carbocycles. The van der Waals surface area contributed by atoms with Crippen molar-refractivity contribution in [3.8, 4) is 17.6 Å². The molecule has 4 heteroatoms. The average Bonchev–Trinajstić information content (AvgIpc) is 2.75. The number of benzene rings is 2. The van der Waals surface area contributed by atoms with Gasteiger partial charge in [0, 0.05) is 11.7 Å². The zero-order valence-electron chi connectivity index (χ0n) is 21.0. The molecular weight excluding hydrogens is 424 g/mol. The van der Waals surface area contributed by atoms with Gasteiger partial charge in [0.25, 0.3) is 0 Å². The van der Waals surface area contributed by atoms with Crippen LogP contribution < -0.4 is 4.74 Å². The van der Waals surface area contributed by atoms with Gasteiger partial charge >= 0.3 is 0 Å². The molecule has 1 aliphatic rings. The fourth-order valence-electron chi connectivity index (χ4n) is 3.91. The molecule has 1 saturated carbocycles. The van der Waals surface area contributed by atoms with Gasteiger partial charge in [0.2, 0.25) is 0 Å². The van der Waals surface area contributed by atoms with E-state index in [2.05, 4.69) is 57.8 Å². The number of hydrogen-bond acceptors (Lipinski definition) is 3. The fraction of sp³-hybridized carbons (Fsp3) is 0.517. The van der Waals surface area contributed by atoms with Crippen LogP contribution in [-0.2, 0) is 11.0 Å². The Bertz CT molecular complexity index is 923. The molecule has 2 aromatic carbocycles. The Morgan fingerprint density at radius 2 is 1.58 bits per heavy atom. The summed E-state index contributed by atoms with van der Waals surface area (Å²) in [6.07, 6.45) is 5.61. The van der Waals surface area contributed by atoms with Crippen molar-refractivity contribution in [2.75, 3.05) is 0 Å². The SMILES string of the molecule is CC(C)(C)[Si](C)(C)OC1CCCC(O)(C#Cc2ccc(OCc3ccccc3)cc2)CCC1. The zero-order chi connectivity index (χ0) is 24.0. The van der Waals surface area contributed by atoms with E-state index in [0.29, 0.717) is 25.6 Å². The van der Waals surface area contributed by atoms with E-state index in [1.165, 1.54) is 0 Å². The first kappa shape index (κ1) is 25.6. The molecular formula is C29H40O3Si. The van der Waals surface area contributed by atoms with Gasteiger partial charge in [-0.3, -0.25) is 0 Å². The Morgan fingerprint density at radius 3 is 2.15 bits per heavy atom. The molecule has 1 N–H and O–H groups in total. The predicted molar refractivity (Wildman–Crippen MR) is 139 cm³/mol. The van der Waals surface area contributed by atoms with Gasteiger partial charge < -0.3 is 14.3 Å². The maximum atomic E-state index is 11.1. The lowest BCUT2D eigenvalue weighted by Gasteiger charge is -2.40. The molecule has 33 heavy (non-hydrogen) atoms. The van der Waals surface area contributed by atoms with Crippen molar-refractivity contribution in [3.63, 3.8) is 0 Å². The fourth-order valence-corrected chi connectivity index (χ4v) is 5.34. The first-order valence-corrected chi connectivity index (χ1v) is 15.2. The van der Waals surface area contributed by atoms with Gasteiger partial charge in [-0.1, -0.05) is 62.9 Å². The number of hydrogen-bond donors (Lipinski definition) is 1. The first-order chi connectivity index (χ1) is 15.6. The number of rotatable bonds is 5. The third-order valence-corrected chi connectivity index (χ3v) is 11.6. The summed E-state index contributed by atoms with van der Waals surface area (Å²) >= 11 is 0. The lowest BCUT2D eigenvalue weighted by molar-refractivity contribution is 0.0521. The van der Waals surface area contributed by atoms with Gasteiger partial charge in [0.15, 0.2) is 8.32 Å². The maximum absolute atomic E-state index is 11.1. The van der Waals surface area contributed by atoms with Crippen LogP contribution in [0.25, 0.3) is 0 Å². The summed E-state index contributed by atoms with van der Waals surface area (Å²) in [6, 6.07) is 17.9. The molecule has 178 valence electrons. The van der Waals surface area contributed by atoms with Crippen molar-refractivity contribution < 1.29 is 14.3 Å². The van der Waals surface area contributed by atoms with E-state index >= 15 is 0 Å². The number of aliphatic hydroxyl groups is 1. The molecule has 0 spiro atoms.